The second-order valence-corrected chi connectivity index (χ2v) is 7.47. The van der Waals surface area contributed by atoms with Crippen molar-refractivity contribution in [2.24, 2.45) is 0 Å². The topological polar surface area (TPSA) is 85.5 Å². The predicted molar refractivity (Wildman–Crippen MR) is 113 cm³/mol. The summed E-state index contributed by atoms with van der Waals surface area (Å²) in [7, 11) is 0. The number of aromatic nitrogens is 3. The van der Waals surface area contributed by atoms with Crippen molar-refractivity contribution in [3.05, 3.63) is 97.8 Å². The molecular formula is C21H18N4O3S. The second kappa shape index (κ2) is 7.84. The lowest BCUT2D eigenvalue weighted by Gasteiger charge is -2.11. The minimum atomic E-state index is -0.615. The number of pyridine rings is 1. The van der Waals surface area contributed by atoms with Crippen LogP contribution < -0.4 is 16.4 Å². The second-order valence-electron chi connectivity index (χ2n) is 6.59. The Balaban J connectivity index is 1.61. The van der Waals surface area contributed by atoms with Crippen LogP contribution >= 0.6 is 11.3 Å². The van der Waals surface area contributed by atoms with E-state index in [9.17, 15) is 14.4 Å². The Morgan fingerprint density at radius 1 is 1.10 bits per heavy atom. The molecule has 1 N–H and O–H groups in total. The number of hydrogen-bond acceptors (Lipinski definition) is 5. The maximum Gasteiger partial charge on any atom is 0.282 e. The third kappa shape index (κ3) is 3.74. The molecule has 29 heavy (non-hydrogen) atoms. The van der Waals surface area contributed by atoms with E-state index in [1.165, 1.54) is 26.5 Å². The number of carbonyl (C=O) groups is 1. The molecule has 4 rings (SSSR count). The molecule has 3 heterocycles. The molecule has 0 aliphatic carbocycles. The van der Waals surface area contributed by atoms with Gasteiger partial charge >= 0.3 is 0 Å². The maximum atomic E-state index is 12.9. The number of aryl methyl sites for hydroxylation is 3. The zero-order chi connectivity index (χ0) is 20.4. The van der Waals surface area contributed by atoms with Gasteiger partial charge in [0.2, 0.25) is 0 Å². The van der Waals surface area contributed by atoms with Gasteiger partial charge in [-0.2, -0.15) is 0 Å². The van der Waals surface area contributed by atoms with Gasteiger partial charge in [-0.05, 0) is 30.5 Å². The van der Waals surface area contributed by atoms with Crippen LogP contribution in [0.1, 0.15) is 21.5 Å². The number of carbonyl (C=O) groups excluding carboxylic acids is 1. The van der Waals surface area contributed by atoms with E-state index in [2.05, 4.69) is 10.3 Å². The number of anilines is 1. The maximum absolute atomic E-state index is 12.9. The van der Waals surface area contributed by atoms with Gasteiger partial charge in [-0.1, -0.05) is 30.3 Å². The van der Waals surface area contributed by atoms with Crippen LogP contribution in [0.5, 0.6) is 0 Å². The number of thiazole rings is 1. The Bertz CT molecular complexity index is 1310. The molecule has 7 nitrogen and oxygen atoms in total. The van der Waals surface area contributed by atoms with E-state index in [4.69, 9.17) is 0 Å². The number of fused-ring (bicyclic) bond motifs is 1. The number of nitrogens with zero attached hydrogens (tertiary/aromatic N) is 3. The van der Waals surface area contributed by atoms with E-state index < -0.39 is 5.91 Å². The molecule has 0 saturated heterocycles. The molecule has 0 atom stereocenters. The largest absolute Gasteiger partial charge is 0.316 e. The third-order valence-electron chi connectivity index (χ3n) is 4.68. The van der Waals surface area contributed by atoms with Gasteiger partial charge in [0.05, 0.1) is 6.20 Å². The zero-order valence-electron chi connectivity index (χ0n) is 15.7. The number of amides is 1. The van der Waals surface area contributed by atoms with Crippen LogP contribution in [0.15, 0.2) is 70.0 Å². The van der Waals surface area contributed by atoms with E-state index in [-0.39, 0.29) is 22.4 Å². The lowest BCUT2D eigenvalue weighted by molar-refractivity contribution is 0.102. The van der Waals surface area contributed by atoms with Crippen molar-refractivity contribution in [3.63, 3.8) is 0 Å². The van der Waals surface area contributed by atoms with Crippen molar-refractivity contribution in [1.29, 1.82) is 0 Å². The molecule has 0 aliphatic rings. The van der Waals surface area contributed by atoms with Crippen LogP contribution in [0.2, 0.25) is 0 Å². The minimum Gasteiger partial charge on any atom is -0.316 e. The van der Waals surface area contributed by atoms with Crippen molar-refractivity contribution in [1.82, 2.24) is 14.0 Å². The quantitative estimate of drug-likeness (QED) is 0.552. The molecule has 0 fully saturated rings. The first-order valence-electron chi connectivity index (χ1n) is 9.05. The van der Waals surface area contributed by atoms with Crippen LogP contribution in [0.4, 0.5) is 5.69 Å². The summed E-state index contributed by atoms with van der Waals surface area (Å²) in [4.78, 5) is 42.9. The highest BCUT2D eigenvalue weighted by molar-refractivity contribution is 7.15. The summed E-state index contributed by atoms with van der Waals surface area (Å²) in [6.07, 6.45) is 5.27. The first kappa shape index (κ1) is 18.8. The SMILES string of the molecule is Cc1ccn(CCc2ccccc2)c(=O)c1C(=O)Nc1cnc2sccn2c1=O. The van der Waals surface area contributed by atoms with Gasteiger partial charge in [0, 0.05) is 24.3 Å². The van der Waals surface area contributed by atoms with Crippen molar-refractivity contribution >= 4 is 27.9 Å². The standard InChI is InChI=1S/C21H18N4O3S/c1-14-7-9-24(10-8-15-5-3-2-4-6-15)20(28)17(14)18(26)23-16-13-22-21-25(19(16)27)11-12-29-21/h2-7,9,11-13H,8,10H2,1H3,(H,23,26). The summed E-state index contributed by atoms with van der Waals surface area (Å²) < 4.78 is 2.87. The van der Waals surface area contributed by atoms with Crippen molar-refractivity contribution in [2.75, 3.05) is 5.32 Å². The first-order valence-corrected chi connectivity index (χ1v) is 9.93. The van der Waals surface area contributed by atoms with E-state index >= 15 is 0 Å². The summed E-state index contributed by atoms with van der Waals surface area (Å²) in [5.41, 5.74) is 0.938. The van der Waals surface area contributed by atoms with Crippen molar-refractivity contribution in [2.45, 2.75) is 19.9 Å². The van der Waals surface area contributed by atoms with E-state index in [0.717, 1.165) is 5.56 Å². The fourth-order valence-corrected chi connectivity index (χ4v) is 3.78. The van der Waals surface area contributed by atoms with Gasteiger partial charge in [0.15, 0.2) is 4.96 Å². The van der Waals surface area contributed by atoms with Gasteiger partial charge in [-0.25, -0.2) is 4.98 Å². The summed E-state index contributed by atoms with van der Waals surface area (Å²) in [5.74, 6) is -0.615. The van der Waals surface area contributed by atoms with E-state index in [1.807, 2.05) is 30.3 Å². The van der Waals surface area contributed by atoms with Crippen LogP contribution in [0.3, 0.4) is 0 Å². The molecule has 146 valence electrons. The monoisotopic (exact) mass is 406 g/mol. The lowest BCUT2D eigenvalue weighted by atomic mass is 10.1. The molecule has 3 aromatic heterocycles. The summed E-state index contributed by atoms with van der Waals surface area (Å²) in [5, 5.41) is 4.29. The average Bonchev–Trinajstić information content (AvgIpc) is 3.20. The average molecular weight is 406 g/mol. The summed E-state index contributed by atoms with van der Waals surface area (Å²) in [6.45, 7) is 2.15. The highest BCUT2D eigenvalue weighted by atomic mass is 32.1. The van der Waals surface area contributed by atoms with Gasteiger partial charge in [-0.3, -0.25) is 18.8 Å². The van der Waals surface area contributed by atoms with Crippen LogP contribution in [0.25, 0.3) is 4.96 Å². The van der Waals surface area contributed by atoms with Crippen LogP contribution in [-0.4, -0.2) is 19.9 Å². The van der Waals surface area contributed by atoms with E-state index in [0.29, 0.717) is 23.5 Å². The molecule has 0 bridgehead atoms. The predicted octanol–water partition coefficient (Wildman–Crippen LogP) is 2.72. The van der Waals surface area contributed by atoms with Gasteiger partial charge < -0.3 is 9.88 Å². The minimum absolute atomic E-state index is 0.0235. The molecule has 0 unspecified atom stereocenters. The Hall–Kier alpha value is -3.52. The fourth-order valence-electron chi connectivity index (χ4n) is 3.11. The van der Waals surface area contributed by atoms with Gasteiger partial charge in [-0.15, -0.1) is 11.3 Å². The molecule has 1 amide bonds. The molecule has 0 spiro atoms. The molecule has 8 heteroatoms. The van der Waals surface area contributed by atoms with Crippen molar-refractivity contribution < 1.29 is 4.79 Å². The molecule has 4 aromatic rings. The Kier molecular flexibility index (Phi) is 5.09. The van der Waals surface area contributed by atoms with E-state index in [1.54, 1.807) is 30.8 Å². The third-order valence-corrected chi connectivity index (χ3v) is 5.45. The Labute approximate surface area is 169 Å². The summed E-state index contributed by atoms with van der Waals surface area (Å²) in [6, 6.07) is 11.6. The van der Waals surface area contributed by atoms with Crippen LogP contribution in [-0.2, 0) is 13.0 Å². The van der Waals surface area contributed by atoms with Crippen LogP contribution in [0, 0.1) is 6.92 Å². The zero-order valence-corrected chi connectivity index (χ0v) is 16.5. The van der Waals surface area contributed by atoms with Gasteiger partial charge in [0.25, 0.3) is 17.0 Å². The summed E-state index contributed by atoms with van der Waals surface area (Å²) >= 11 is 1.32. The molecular weight excluding hydrogens is 388 g/mol. The number of nitrogens with one attached hydrogen (secondary N) is 1. The number of rotatable bonds is 5. The molecule has 0 radical (unpaired) electrons. The highest BCUT2D eigenvalue weighted by Crippen LogP contribution is 2.10. The lowest BCUT2D eigenvalue weighted by Crippen LogP contribution is -2.32. The molecule has 1 aromatic carbocycles. The molecule has 0 saturated carbocycles. The fraction of sp³-hybridized carbons (Fsp3) is 0.143. The smallest absolute Gasteiger partial charge is 0.282 e. The van der Waals surface area contributed by atoms with Gasteiger partial charge in [0.1, 0.15) is 11.3 Å². The van der Waals surface area contributed by atoms with Crippen molar-refractivity contribution in [3.8, 4) is 0 Å². The Morgan fingerprint density at radius 2 is 1.90 bits per heavy atom. The Morgan fingerprint density at radius 3 is 2.69 bits per heavy atom. The first-order chi connectivity index (χ1) is 14.0. The molecule has 0 aliphatic heterocycles. The highest BCUT2D eigenvalue weighted by Gasteiger charge is 2.18. The normalized spacial score (nSPS) is 10.9. The number of benzene rings is 1. The number of hydrogen-bond donors (Lipinski definition) is 1.